The van der Waals surface area contributed by atoms with Gasteiger partial charge in [-0.3, -0.25) is 9.59 Å². The van der Waals surface area contributed by atoms with E-state index in [1.54, 1.807) is 29.2 Å². The maximum atomic E-state index is 13.0. The van der Waals surface area contributed by atoms with Crippen LogP contribution in [0.1, 0.15) is 36.7 Å². The molecule has 138 valence electrons. The Morgan fingerprint density at radius 2 is 1.65 bits per heavy atom. The molecule has 0 fully saturated rings. The number of benzene rings is 2. The Labute approximate surface area is 160 Å². The summed E-state index contributed by atoms with van der Waals surface area (Å²) in [5.41, 5.74) is 1.55. The van der Waals surface area contributed by atoms with E-state index in [0.717, 1.165) is 5.56 Å². The maximum Gasteiger partial charge on any atom is 0.251 e. The van der Waals surface area contributed by atoms with E-state index in [9.17, 15) is 9.59 Å². The molecule has 0 aromatic heterocycles. The second-order valence-electron chi connectivity index (χ2n) is 6.54. The van der Waals surface area contributed by atoms with Gasteiger partial charge in [0.05, 0.1) is 0 Å². The van der Waals surface area contributed by atoms with Crippen molar-refractivity contribution in [2.75, 3.05) is 6.54 Å². The van der Waals surface area contributed by atoms with E-state index < -0.39 is 6.04 Å². The van der Waals surface area contributed by atoms with Crippen molar-refractivity contribution in [3.8, 4) is 0 Å². The number of carbonyl (C=O) groups excluding carboxylic acids is 2. The van der Waals surface area contributed by atoms with Crippen LogP contribution >= 0.6 is 11.6 Å². The van der Waals surface area contributed by atoms with Crippen molar-refractivity contribution >= 4 is 23.4 Å². The molecule has 5 heteroatoms. The van der Waals surface area contributed by atoms with E-state index in [2.05, 4.69) is 5.32 Å². The minimum absolute atomic E-state index is 0.0245. The molecule has 2 aromatic carbocycles. The van der Waals surface area contributed by atoms with Crippen molar-refractivity contribution in [3.05, 3.63) is 70.7 Å². The van der Waals surface area contributed by atoms with Crippen molar-refractivity contribution in [2.24, 2.45) is 5.92 Å². The van der Waals surface area contributed by atoms with Gasteiger partial charge in [0, 0.05) is 23.7 Å². The molecule has 1 unspecified atom stereocenters. The van der Waals surface area contributed by atoms with E-state index in [1.165, 1.54) is 0 Å². The Hall–Kier alpha value is -2.33. The molecule has 26 heavy (non-hydrogen) atoms. The zero-order chi connectivity index (χ0) is 19.1. The third-order valence-corrected chi connectivity index (χ3v) is 4.49. The number of nitrogens with zero attached hydrogens (tertiary/aromatic N) is 1. The van der Waals surface area contributed by atoms with Gasteiger partial charge in [-0.15, -0.1) is 0 Å². The van der Waals surface area contributed by atoms with Crippen molar-refractivity contribution in [1.29, 1.82) is 0 Å². The molecule has 1 atom stereocenters. The van der Waals surface area contributed by atoms with Gasteiger partial charge in [0.15, 0.2) is 0 Å². The Morgan fingerprint density at radius 3 is 2.19 bits per heavy atom. The summed E-state index contributed by atoms with van der Waals surface area (Å²) >= 11 is 5.87. The van der Waals surface area contributed by atoms with Gasteiger partial charge in [-0.2, -0.15) is 0 Å². The Kier molecular flexibility index (Phi) is 7.22. The van der Waals surface area contributed by atoms with Crippen LogP contribution in [0.5, 0.6) is 0 Å². The molecule has 0 radical (unpaired) electrons. The summed E-state index contributed by atoms with van der Waals surface area (Å²) in [7, 11) is 0. The first-order valence-electron chi connectivity index (χ1n) is 8.81. The molecule has 0 aliphatic heterocycles. The van der Waals surface area contributed by atoms with Crippen LogP contribution in [0, 0.1) is 5.92 Å². The predicted molar refractivity (Wildman–Crippen MR) is 105 cm³/mol. The average molecular weight is 373 g/mol. The van der Waals surface area contributed by atoms with Gasteiger partial charge in [-0.25, -0.2) is 0 Å². The van der Waals surface area contributed by atoms with E-state index in [0.29, 0.717) is 23.7 Å². The van der Waals surface area contributed by atoms with Gasteiger partial charge in [0.2, 0.25) is 5.91 Å². The van der Waals surface area contributed by atoms with Gasteiger partial charge < -0.3 is 10.2 Å². The molecule has 0 saturated carbocycles. The first kappa shape index (κ1) is 20.0. The van der Waals surface area contributed by atoms with Crippen LogP contribution in [-0.2, 0) is 11.3 Å². The van der Waals surface area contributed by atoms with Gasteiger partial charge in [0.25, 0.3) is 5.91 Å². The molecular weight excluding hydrogens is 348 g/mol. The van der Waals surface area contributed by atoms with Crippen LogP contribution in [0.25, 0.3) is 0 Å². The lowest BCUT2D eigenvalue weighted by atomic mass is 10.0. The molecule has 4 nitrogen and oxygen atoms in total. The lowest BCUT2D eigenvalue weighted by Gasteiger charge is -2.29. The third kappa shape index (κ3) is 5.33. The molecule has 1 N–H and O–H groups in total. The molecule has 0 heterocycles. The number of hydrogen-bond acceptors (Lipinski definition) is 2. The SMILES string of the molecule is CCN(Cc1ccccc1)C(=O)C(NC(=O)c1ccc(Cl)cc1)C(C)C. The summed E-state index contributed by atoms with van der Waals surface area (Å²) in [5.74, 6) is -0.373. The van der Waals surface area contributed by atoms with E-state index in [-0.39, 0.29) is 17.7 Å². The lowest BCUT2D eigenvalue weighted by molar-refractivity contribution is -0.134. The zero-order valence-electron chi connectivity index (χ0n) is 15.4. The summed E-state index contributed by atoms with van der Waals surface area (Å²) in [5, 5.41) is 3.45. The van der Waals surface area contributed by atoms with Crippen molar-refractivity contribution in [1.82, 2.24) is 10.2 Å². The van der Waals surface area contributed by atoms with Gasteiger partial charge >= 0.3 is 0 Å². The maximum absolute atomic E-state index is 13.0. The zero-order valence-corrected chi connectivity index (χ0v) is 16.2. The average Bonchev–Trinajstić information content (AvgIpc) is 2.64. The standard InChI is InChI=1S/C21H25ClN2O2/c1-4-24(14-16-8-6-5-7-9-16)21(26)19(15(2)3)23-20(25)17-10-12-18(22)13-11-17/h5-13,15,19H,4,14H2,1-3H3,(H,23,25). The monoisotopic (exact) mass is 372 g/mol. The molecular formula is C21H25ClN2O2. The highest BCUT2D eigenvalue weighted by Gasteiger charge is 2.28. The lowest BCUT2D eigenvalue weighted by Crippen LogP contribution is -2.51. The fraction of sp³-hybridized carbons (Fsp3) is 0.333. The summed E-state index contributed by atoms with van der Waals surface area (Å²) in [6.45, 7) is 6.91. The summed E-state index contributed by atoms with van der Waals surface area (Å²) < 4.78 is 0. The topological polar surface area (TPSA) is 49.4 Å². The molecule has 0 aliphatic rings. The van der Waals surface area contributed by atoms with Gasteiger partial charge in [0.1, 0.15) is 6.04 Å². The largest absolute Gasteiger partial charge is 0.340 e. The first-order chi connectivity index (χ1) is 12.4. The van der Waals surface area contributed by atoms with Crippen molar-refractivity contribution in [3.63, 3.8) is 0 Å². The van der Waals surface area contributed by atoms with Crippen molar-refractivity contribution in [2.45, 2.75) is 33.4 Å². The highest BCUT2D eigenvalue weighted by molar-refractivity contribution is 6.30. The molecule has 0 saturated heterocycles. The highest BCUT2D eigenvalue weighted by atomic mass is 35.5. The Bertz CT molecular complexity index is 729. The number of hydrogen-bond donors (Lipinski definition) is 1. The van der Waals surface area contributed by atoms with Gasteiger partial charge in [-0.1, -0.05) is 55.8 Å². The second kappa shape index (κ2) is 9.39. The fourth-order valence-electron chi connectivity index (χ4n) is 2.69. The van der Waals surface area contributed by atoms with Gasteiger partial charge in [-0.05, 0) is 42.7 Å². The molecule has 2 amide bonds. The summed E-state index contributed by atoms with van der Waals surface area (Å²) in [4.78, 5) is 27.3. The van der Waals surface area contributed by atoms with Crippen LogP contribution in [0.2, 0.25) is 5.02 Å². The van der Waals surface area contributed by atoms with E-state index in [1.807, 2.05) is 51.1 Å². The van der Waals surface area contributed by atoms with E-state index in [4.69, 9.17) is 11.6 Å². The van der Waals surface area contributed by atoms with Crippen LogP contribution in [-0.4, -0.2) is 29.3 Å². The fourth-order valence-corrected chi connectivity index (χ4v) is 2.81. The number of halogens is 1. The highest BCUT2D eigenvalue weighted by Crippen LogP contribution is 2.13. The number of carbonyl (C=O) groups is 2. The van der Waals surface area contributed by atoms with Crippen LogP contribution in [0.15, 0.2) is 54.6 Å². The predicted octanol–water partition coefficient (Wildman–Crippen LogP) is 4.14. The van der Waals surface area contributed by atoms with Crippen LogP contribution < -0.4 is 5.32 Å². The number of likely N-dealkylation sites (N-methyl/N-ethyl adjacent to an activating group) is 1. The van der Waals surface area contributed by atoms with Crippen LogP contribution in [0.4, 0.5) is 0 Å². The molecule has 0 bridgehead atoms. The minimum Gasteiger partial charge on any atom is -0.340 e. The smallest absolute Gasteiger partial charge is 0.251 e. The molecule has 0 aliphatic carbocycles. The third-order valence-electron chi connectivity index (χ3n) is 4.24. The Balaban J connectivity index is 2.12. The normalized spacial score (nSPS) is 11.9. The van der Waals surface area contributed by atoms with E-state index >= 15 is 0 Å². The quantitative estimate of drug-likeness (QED) is 0.793. The molecule has 2 rings (SSSR count). The number of rotatable bonds is 7. The number of amides is 2. The molecule has 0 spiro atoms. The minimum atomic E-state index is -0.582. The van der Waals surface area contributed by atoms with Crippen LogP contribution in [0.3, 0.4) is 0 Å². The second-order valence-corrected chi connectivity index (χ2v) is 6.98. The molecule has 2 aromatic rings. The summed E-state index contributed by atoms with van der Waals surface area (Å²) in [6.07, 6.45) is 0. The number of nitrogens with one attached hydrogen (secondary N) is 1. The van der Waals surface area contributed by atoms with Crippen molar-refractivity contribution < 1.29 is 9.59 Å². The summed E-state index contributed by atoms with van der Waals surface area (Å²) in [6, 6.07) is 15.9. The first-order valence-corrected chi connectivity index (χ1v) is 9.19. The Morgan fingerprint density at radius 1 is 1.04 bits per heavy atom.